The zero-order valence-corrected chi connectivity index (χ0v) is 12.7. The van der Waals surface area contributed by atoms with Crippen molar-refractivity contribution in [1.29, 1.82) is 0 Å². The Morgan fingerprint density at radius 2 is 1.77 bits per heavy atom. The summed E-state index contributed by atoms with van der Waals surface area (Å²) in [5, 5.41) is 12.0. The highest BCUT2D eigenvalue weighted by molar-refractivity contribution is 6.01. The first-order valence-electron chi connectivity index (χ1n) is 7.15. The lowest BCUT2D eigenvalue weighted by atomic mass is 10.0. The quantitative estimate of drug-likeness (QED) is 0.886. The van der Waals surface area contributed by atoms with E-state index in [4.69, 9.17) is 0 Å². The predicted octanol–water partition coefficient (Wildman–Crippen LogP) is 3.57. The Balaban J connectivity index is 2.10. The molecule has 2 rings (SSSR count). The molecule has 0 fully saturated rings. The number of carbonyl (C=O) groups is 2. The SMILES string of the molecule is Cc1cc(C)c(NC(=O)CCc2ccccc2)c(C(=O)O)c1. The van der Waals surface area contributed by atoms with Crippen LogP contribution in [0.3, 0.4) is 0 Å². The zero-order valence-electron chi connectivity index (χ0n) is 12.7. The van der Waals surface area contributed by atoms with E-state index in [0.29, 0.717) is 18.5 Å². The predicted molar refractivity (Wildman–Crippen MR) is 86.3 cm³/mol. The van der Waals surface area contributed by atoms with E-state index in [1.807, 2.05) is 43.3 Å². The summed E-state index contributed by atoms with van der Waals surface area (Å²) in [6.45, 7) is 3.63. The van der Waals surface area contributed by atoms with Gasteiger partial charge in [-0.2, -0.15) is 0 Å². The lowest BCUT2D eigenvalue weighted by Crippen LogP contribution is -2.16. The molecule has 4 heteroatoms. The minimum Gasteiger partial charge on any atom is -0.478 e. The molecule has 4 nitrogen and oxygen atoms in total. The van der Waals surface area contributed by atoms with Crippen molar-refractivity contribution in [2.24, 2.45) is 0 Å². The molecule has 0 heterocycles. The standard InChI is InChI=1S/C18H19NO3/c1-12-10-13(2)17(15(11-12)18(21)22)19-16(20)9-8-14-6-4-3-5-7-14/h3-7,10-11H,8-9H2,1-2H3,(H,19,20)(H,21,22). The largest absolute Gasteiger partial charge is 0.478 e. The average molecular weight is 297 g/mol. The van der Waals surface area contributed by atoms with Crippen LogP contribution in [0.2, 0.25) is 0 Å². The summed E-state index contributed by atoms with van der Waals surface area (Å²) >= 11 is 0. The first-order chi connectivity index (χ1) is 10.5. The van der Waals surface area contributed by atoms with Crippen LogP contribution in [0.1, 0.15) is 33.5 Å². The van der Waals surface area contributed by atoms with Crippen LogP contribution < -0.4 is 5.32 Å². The number of benzene rings is 2. The van der Waals surface area contributed by atoms with Crippen LogP contribution in [-0.4, -0.2) is 17.0 Å². The fraction of sp³-hybridized carbons (Fsp3) is 0.222. The molecule has 0 saturated heterocycles. The fourth-order valence-corrected chi connectivity index (χ4v) is 2.41. The Bertz CT molecular complexity index is 693. The van der Waals surface area contributed by atoms with E-state index in [1.54, 1.807) is 13.0 Å². The summed E-state index contributed by atoms with van der Waals surface area (Å²) in [6.07, 6.45) is 0.941. The van der Waals surface area contributed by atoms with Crippen molar-refractivity contribution in [3.63, 3.8) is 0 Å². The van der Waals surface area contributed by atoms with Crippen LogP contribution in [0.5, 0.6) is 0 Å². The highest BCUT2D eigenvalue weighted by Crippen LogP contribution is 2.23. The number of carboxylic acids is 1. The van der Waals surface area contributed by atoms with Gasteiger partial charge in [0, 0.05) is 6.42 Å². The summed E-state index contributed by atoms with van der Waals surface area (Å²) in [4.78, 5) is 23.4. The second-order valence-electron chi connectivity index (χ2n) is 5.34. The molecular weight excluding hydrogens is 278 g/mol. The maximum absolute atomic E-state index is 12.1. The number of aryl methyl sites for hydroxylation is 3. The minimum atomic E-state index is -1.04. The molecule has 0 unspecified atom stereocenters. The smallest absolute Gasteiger partial charge is 0.337 e. The van der Waals surface area contributed by atoms with Gasteiger partial charge in [0.2, 0.25) is 5.91 Å². The Hall–Kier alpha value is -2.62. The van der Waals surface area contributed by atoms with Crippen molar-refractivity contribution in [2.45, 2.75) is 26.7 Å². The van der Waals surface area contributed by atoms with Crippen LogP contribution in [0.25, 0.3) is 0 Å². The van der Waals surface area contributed by atoms with Crippen LogP contribution in [0.15, 0.2) is 42.5 Å². The normalized spacial score (nSPS) is 10.3. The van der Waals surface area contributed by atoms with Crippen LogP contribution in [0, 0.1) is 13.8 Å². The van der Waals surface area contributed by atoms with Gasteiger partial charge in [-0.25, -0.2) is 4.79 Å². The van der Waals surface area contributed by atoms with Crippen molar-refractivity contribution in [2.75, 3.05) is 5.32 Å². The molecule has 2 aromatic carbocycles. The number of carboxylic acid groups (broad SMARTS) is 1. The van der Waals surface area contributed by atoms with Crippen molar-refractivity contribution in [3.05, 3.63) is 64.7 Å². The topological polar surface area (TPSA) is 66.4 Å². The zero-order chi connectivity index (χ0) is 16.1. The lowest BCUT2D eigenvalue weighted by molar-refractivity contribution is -0.116. The molecule has 2 aromatic rings. The van der Waals surface area contributed by atoms with Gasteiger partial charge in [-0.15, -0.1) is 0 Å². The average Bonchev–Trinajstić information content (AvgIpc) is 2.48. The first-order valence-corrected chi connectivity index (χ1v) is 7.15. The summed E-state index contributed by atoms with van der Waals surface area (Å²) in [5.74, 6) is -1.22. The van der Waals surface area contributed by atoms with Crippen molar-refractivity contribution < 1.29 is 14.7 Å². The molecule has 0 radical (unpaired) electrons. The van der Waals surface area contributed by atoms with E-state index in [1.165, 1.54) is 0 Å². The lowest BCUT2D eigenvalue weighted by Gasteiger charge is -2.13. The third-order valence-electron chi connectivity index (χ3n) is 3.46. The maximum atomic E-state index is 12.1. The number of nitrogens with one attached hydrogen (secondary N) is 1. The summed E-state index contributed by atoms with van der Waals surface area (Å²) < 4.78 is 0. The van der Waals surface area contributed by atoms with Gasteiger partial charge in [0.1, 0.15) is 0 Å². The number of carbonyl (C=O) groups excluding carboxylic acids is 1. The van der Waals surface area contributed by atoms with E-state index in [-0.39, 0.29) is 11.5 Å². The van der Waals surface area contributed by atoms with Gasteiger partial charge in [0.05, 0.1) is 11.3 Å². The molecule has 1 amide bonds. The third kappa shape index (κ3) is 3.95. The summed E-state index contributed by atoms with van der Waals surface area (Å²) in [6, 6.07) is 13.2. The number of amides is 1. The van der Waals surface area contributed by atoms with Gasteiger partial charge in [-0.05, 0) is 43.0 Å². The van der Waals surface area contributed by atoms with Gasteiger partial charge in [0.25, 0.3) is 0 Å². The van der Waals surface area contributed by atoms with E-state index < -0.39 is 5.97 Å². The summed E-state index contributed by atoms with van der Waals surface area (Å²) in [5.41, 5.74) is 3.21. The molecule has 2 N–H and O–H groups in total. The van der Waals surface area contributed by atoms with Gasteiger partial charge in [-0.3, -0.25) is 4.79 Å². The maximum Gasteiger partial charge on any atom is 0.337 e. The molecule has 0 aromatic heterocycles. The van der Waals surface area contributed by atoms with Gasteiger partial charge in [-0.1, -0.05) is 36.4 Å². The molecule has 114 valence electrons. The molecule has 0 aliphatic rings. The van der Waals surface area contributed by atoms with E-state index >= 15 is 0 Å². The Kier molecular flexibility index (Phi) is 4.94. The molecule has 0 spiro atoms. The molecule has 0 saturated carbocycles. The fourth-order valence-electron chi connectivity index (χ4n) is 2.41. The summed E-state index contributed by atoms with van der Waals surface area (Å²) in [7, 11) is 0. The van der Waals surface area contributed by atoms with E-state index in [9.17, 15) is 14.7 Å². The van der Waals surface area contributed by atoms with Gasteiger partial charge in [0.15, 0.2) is 0 Å². The number of hydrogen-bond donors (Lipinski definition) is 2. The number of anilines is 1. The Labute approximate surface area is 129 Å². The Morgan fingerprint density at radius 3 is 2.41 bits per heavy atom. The second kappa shape index (κ2) is 6.89. The molecule has 0 atom stereocenters. The molecule has 0 aliphatic carbocycles. The van der Waals surface area contributed by atoms with Crippen LogP contribution in [0.4, 0.5) is 5.69 Å². The van der Waals surface area contributed by atoms with Gasteiger partial charge >= 0.3 is 5.97 Å². The highest BCUT2D eigenvalue weighted by Gasteiger charge is 2.15. The van der Waals surface area contributed by atoms with Crippen LogP contribution in [-0.2, 0) is 11.2 Å². The number of hydrogen-bond acceptors (Lipinski definition) is 2. The van der Waals surface area contributed by atoms with E-state index in [0.717, 1.165) is 16.7 Å². The third-order valence-corrected chi connectivity index (χ3v) is 3.46. The number of aromatic carboxylic acids is 1. The van der Waals surface area contributed by atoms with Crippen molar-refractivity contribution in [1.82, 2.24) is 0 Å². The van der Waals surface area contributed by atoms with Crippen LogP contribution >= 0.6 is 0 Å². The molecular formula is C18H19NO3. The molecule has 22 heavy (non-hydrogen) atoms. The monoisotopic (exact) mass is 297 g/mol. The van der Waals surface area contributed by atoms with Crippen molar-refractivity contribution in [3.8, 4) is 0 Å². The minimum absolute atomic E-state index is 0.130. The van der Waals surface area contributed by atoms with Gasteiger partial charge < -0.3 is 10.4 Å². The Morgan fingerprint density at radius 1 is 1.09 bits per heavy atom. The van der Waals surface area contributed by atoms with Crippen molar-refractivity contribution >= 4 is 17.6 Å². The number of rotatable bonds is 5. The first kappa shape index (κ1) is 15.8. The second-order valence-corrected chi connectivity index (χ2v) is 5.34. The highest BCUT2D eigenvalue weighted by atomic mass is 16.4. The van der Waals surface area contributed by atoms with E-state index in [2.05, 4.69) is 5.32 Å². The molecule has 0 aliphatic heterocycles. The molecule has 0 bridgehead atoms.